The van der Waals surface area contributed by atoms with Crippen LogP contribution >= 0.6 is 24.0 Å². The zero-order chi connectivity index (χ0) is 25.8. The van der Waals surface area contributed by atoms with Gasteiger partial charge in [0.25, 0.3) is 11.5 Å². The molecule has 0 saturated carbocycles. The summed E-state index contributed by atoms with van der Waals surface area (Å²) in [6, 6.07) is 12.4. The van der Waals surface area contributed by atoms with Crippen LogP contribution in [0.4, 0.5) is 11.5 Å². The standard InChI is InChI=1S/C27H31N5O2S2/c1-4-11-31-24(30-15-13-29(14-16-30)20-9-7-6-8-10-20)21(19(3)22(18-28)25(31)33)17-23-26(34)32(12-5-2)27(35)36-23/h6-10,17H,4-5,11-16H2,1-3H3/b23-17-. The molecule has 0 spiro atoms. The summed E-state index contributed by atoms with van der Waals surface area (Å²) < 4.78 is 2.27. The van der Waals surface area contributed by atoms with Gasteiger partial charge in [0, 0.05) is 50.5 Å². The molecule has 3 heterocycles. The summed E-state index contributed by atoms with van der Waals surface area (Å²) in [4.78, 5) is 33.3. The van der Waals surface area contributed by atoms with E-state index in [2.05, 4.69) is 28.0 Å². The van der Waals surface area contributed by atoms with Crippen molar-refractivity contribution in [3.63, 3.8) is 0 Å². The molecule has 0 aliphatic carbocycles. The number of carbonyl (C=O) groups excluding carboxylic acids is 1. The number of anilines is 2. The molecule has 1 aromatic heterocycles. The number of nitrogens with zero attached hydrogens (tertiary/aromatic N) is 5. The van der Waals surface area contributed by atoms with E-state index in [1.807, 2.05) is 38.1 Å². The number of para-hydroxylation sites is 1. The number of rotatable bonds is 7. The number of hydrogen-bond donors (Lipinski definition) is 0. The number of thioether (sulfide) groups is 1. The molecule has 0 N–H and O–H groups in total. The van der Waals surface area contributed by atoms with Gasteiger partial charge in [0.1, 0.15) is 21.8 Å². The molecule has 7 nitrogen and oxygen atoms in total. The topological polar surface area (TPSA) is 72.6 Å². The molecule has 36 heavy (non-hydrogen) atoms. The number of benzene rings is 1. The fourth-order valence-corrected chi connectivity index (χ4v) is 6.07. The summed E-state index contributed by atoms with van der Waals surface area (Å²) in [6.07, 6.45) is 3.41. The number of amides is 1. The highest BCUT2D eigenvalue weighted by atomic mass is 32.2. The smallest absolute Gasteiger partial charge is 0.270 e. The predicted molar refractivity (Wildman–Crippen MR) is 151 cm³/mol. The van der Waals surface area contributed by atoms with Crippen LogP contribution in [0.1, 0.15) is 43.4 Å². The maximum Gasteiger partial charge on any atom is 0.270 e. The summed E-state index contributed by atoms with van der Waals surface area (Å²) >= 11 is 6.75. The fourth-order valence-electron chi connectivity index (χ4n) is 4.78. The first-order valence-electron chi connectivity index (χ1n) is 12.4. The number of hydrogen-bond acceptors (Lipinski definition) is 7. The highest BCUT2D eigenvalue weighted by Crippen LogP contribution is 2.36. The molecule has 9 heteroatoms. The second-order valence-electron chi connectivity index (χ2n) is 8.95. The minimum atomic E-state index is -0.270. The van der Waals surface area contributed by atoms with Gasteiger partial charge in [0.05, 0.1) is 4.91 Å². The second kappa shape index (κ2) is 11.3. The zero-order valence-electron chi connectivity index (χ0n) is 21.0. The number of pyridine rings is 1. The van der Waals surface area contributed by atoms with Crippen LogP contribution in [0.2, 0.25) is 0 Å². The Hall–Kier alpha value is -3.09. The molecule has 0 unspecified atom stereocenters. The normalized spacial score (nSPS) is 17.3. The van der Waals surface area contributed by atoms with Gasteiger partial charge in [0.2, 0.25) is 0 Å². The Morgan fingerprint density at radius 1 is 1.03 bits per heavy atom. The molecule has 2 aromatic rings. The van der Waals surface area contributed by atoms with Crippen LogP contribution in [0, 0.1) is 18.3 Å². The van der Waals surface area contributed by atoms with Crippen molar-refractivity contribution in [3.8, 4) is 6.07 Å². The Morgan fingerprint density at radius 3 is 2.28 bits per heavy atom. The quantitative estimate of drug-likeness (QED) is 0.396. The van der Waals surface area contributed by atoms with E-state index in [9.17, 15) is 14.9 Å². The third-order valence-electron chi connectivity index (χ3n) is 6.59. The summed E-state index contributed by atoms with van der Waals surface area (Å²) in [5.41, 5.74) is 2.40. The van der Waals surface area contributed by atoms with Gasteiger partial charge in [-0.3, -0.25) is 19.1 Å². The number of nitriles is 1. The van der Waals surface area contributed by atoms with E-state index in [0.717, 1.165) is 50.4 Å². The Labute approximate surface area is 222 Å². The predicted octanol–water partition coefficient (Wildman–Crippen LogP) is 4.38. The number of piperazine rings is 1. The lowest BCUT2D eigenvalue weighted by atomic mass is 10.0. The van der Waals surface area contributed by atoms with Crippen molar-refractivity contribution in [2.45, 2.75) is 40.2 Å². The Kier molecular flexibility index (Phi) is 8.17. The minimum absolute atomic E-state index is 0.113. The molecular formula is C27H31N5O2S2. The van der Waals surface area contributed by atoms with Crippen molar-refractivity contribution in [1.82, 2.24) is 9.47 Å². The van der Waals surface area contributed by atoms with Gasteiger partial charge in [0.15, 0.2) is 0 Å². The van der Waals surface area contributed by atoms with Gasteiger partial charge in [-0.25, -0.2) is 0 Å². The highest BCUT2D eigenvalue weighted by Gasteiger charge is 2.33. The Balaban J connectivity index is 1.79. The van der Waals surface area contributed by atoms with E-state index < -0.39 is 0 Å². The van der Waals surface area contributed by atoms with Gasteiger partial charge < -0.3 is 9.80 Å². The van der Waals surface area contributed by atoms with E-state index in [-0.39, 0.29) is 17.0 Å². The minimum Gasteiger partial charge on any atom is -0.368 e. The van der Waals surface area contributed by atoms with E-state index in [1.165, 1.54) is 17.4 Å². The summed E-state index contributed by atoms with van der Waals surface area (Å²) in [6.45, 7) is 9.97. The van der Waals surface area contributed by atoms with Crippen LogP contribution in [-0.4, -0.2) is 52.4 Å². The first kappa shape index (κ1) is 26.0. The van der Waals surface area contributed by atoms with Crippen molar-refractivity contribution in [3.05, 3.63) is 62.3 Å². The van der Waals surface area contributed by atoms with Crippen molar-refractivity contribution < 1.29 is 4.79 Å². The Bertz CT molecular complexity index is 1290. The highest BCUT2D eigenvalue weighted by molar-refractivity contribution is 8.26. The average Bonchev–Trinajstić information content (AvgIpc) is 3.15. The number of thiocarbonyl (C=S) groups is 1. The van der Waals surface area contributed by atoms with Gasteiger partial charge in [-0.2, -0.15) is 5.26 Å². The molecule has 0 bridgehead atoms. The van der Waals surface area contributed by atoms with Crippen molar-refractivity contribution >= 4 is 51.8 Å². The lowest BCUT2D eigenvalue weighted by Gasteiger charge is -2.39. The molecule has 2 fully saturated rings. The summed E-state index contributed by atoms with van der Waals surface area (Å²) in [5, 5.41) is 9.84. The molecule has 1 amide bonds. The lowest BCUT2D eigenvalue weighted by molar-refractivity contribution is -0.122. The van der Waals surface area contributed by atoms with Crippen molar-refractivity contribution in [1.29, 1.82) is 5.26 Å². The van der Waals surface area contributed by atoms with Crippen LogP contribution in [0.25, 0.3) is 6.08 Å². The van der Waals surface area contributed by atoms with Crippen LogP contribution in [0.15, 0.2) is 40.0 Å². The van der Waals surface area contributed by atoms with Gasteiger partial charge in [-0.1, -0.05) is 56.0 Å². The van der Waals surface area contributed by atoms with Crippen LogP contribution in [0.5, 0.6) is 0 Å². The van der Waals surface area contributed by atoms with Gasteiger partial charge in [-0.15, -0.1) is 0 Å². The molecule has 0 radical (unpaired) electrons. The molecule has 188 valence electrons. The largest absolute Gasteiger partial charge is 0.368 e. The van der Waals surface area contributed by atoms with Gasteiger partial charge in [-0.05, 0) is 43.5 Å². The SMILES string of the molecule is CCCN1C(=O)/C(=C/c2c(C)c(C#N)c(=O)n(CCC)c2N2CCN(c3ccccc3)CC2)SC1=S. The fraction of sp³-hybridized carbons (Fsp3) is 0.407. The molecule has 4 rings (SSSR count). The van der Waals surface area contributed by atoms with E-state index >= 15 is 0 Å². The zero-order valence-corrected chi connectivity index (χ0v) is 22.6. The second-order valence-corrected chi connectivity index (χ2v) is 10.6. The van der Waals surface area contributed by atoms with E-state index in [1.54, 1.807) is 16.4 Å². The molecule has 2 aliphatic rings. The van der Waals surface area contributed by atoms with Crippen molar-refractivity contribution in [2.75, 3.05) is 42.5 Å². The first-order chi connectivity index (χ1) is 17.4. The van der Waals surface area contributed by atoms with Crippen LogP contribution in [-0.2, 0) is 11.3 Å². The third-order valence-corrected chi connectivity index (χ3v) is 7.97. The molecule has 2 aliphatic heterocycles. The summed E-state index contributed by atoms with van der Waals surface area (Å²) in [7, 11) is 0. The maximum absolute atomic E-state index is 13.4. The molecule has 1 aromatic carbocycles. The number of aromatic nitrogens is 1. The Morgan fingerprint density at radius 2 is 1.67 bits per heavy atom. The monoisotopic (exact) mass is 521 g/mol. The summed E-state index contributed by atoms with van der Waals surface area (Å²) in [5.74, 6) is 0.671. The van der Waals surface area contributed by atoms with E-state index in [0.29, 0.717) is 27.9 Å². The molecule has 2 saturated heterocycles. The average molecular weight is 522 g/mol. The third kappa shape index (κ3) is 4.93. The van der Waals surface area contributed by atoms with Gasteiger partial charge >= 0.3 is 0 Å². The first-order valence-corrected chi connectivity index (χ1v) is 13.6. The molecule has 0 atom stereocenters. The van der Waals surface area contributed by atoms with Crippen LogP contribution in [0.3, 0.4) is 0 Å². The molecular weight excluding hydrogens is 490 g/mol. The van der Waals surface area contributed by atoms with E-state index in [4.69, 9.17) is 12.2 Å². The van der Waals surface area contributed by atoms with Crippen molar-refractivity contribution in [2.24, 2.45) is 0 Å². The maximum atomic E-state index is 13.4. The van der Waals surface area contributed by atoms with Crippen LogP contribution < -0.4 is 15.4 Å². The lowest BCUT2D eigenvalue weighted by Crippen LogP contribution is -2.48. The number of carbonyl (C=O) groups is 1.